The maximum atomic E-state index is 13.7. The fourth-order valence-corrected chi connectivity index (χ4v) is 2.00. The lowest BCUT2D eigenvalue weighted by Gasteiger charge is -2.23. The molecule has 2 aromatic carbocycles. The SMILES string of the molecule is Nc1ccccc1N(CCO)C(=O)c1c(F)cccc1F. The van der Waals surface area contributed by atoms with E-state index in [-0.39, 0.29) is 18.8 Å². The second-order valence-electron chi connectivity index (χ2n) is 4.34. The van der Waals surface area contributed by atoms with Crippen LogP contribution in [0.1, 0.15) is 10.4 Å². The lowest BCUT2D eigenvalue weighted by molar-refractivity contribution is 0.0973. The Kier molecular flexibility index (Phi) is 4.49. The number of nitrogen functional groups attached to an aromatic ring is 1. The molecule has 0 unspecified atom stereocenters. The van der Waals surface area contributed by atoms with Crippen molar-refractivity contribution in [2.75, 3.05) is 23.8 Å². The molecule has 0 radical (unpaired) electrons. The van der Waals surface area contributed by atoms with Crippen molar-refractivity contribution in [2.24, 2.45) is 0 Å². The van der Waals surface area contributed by atoms with E-state index in [2.05, 4.69) is 0 Å². The Bertz CT molecular complexity index is 642. The number of aliphatic hydroxyl groups excluding tert-OH is 1. The number of carbonyl (C=O) groups is 1. The molecule has 0 aliphatic carbocycles. The van der Waals surface area contributed by atoms with Gasteiger partial charge < -0.3 is 15.7 Å². The quantitative estimate of drug-likeness (QED) is 0.849. The number of nitrogens with two attached hydrogens (primary N) is 1. The zero-order valence-corrected chi connectivity index (χ0v) is 11.1. The van der Waals surface area contributed by atoms with E-state index >= 15 is 0 Å². The molecular formula is C15H14F2N2O2. The number of benzene rings is 2. The number of nitrogens with zero attached hydrogens (tertiary/aromatic N) is 1. The minimum atomic E-state index is -0.961. The van der Waals surface area contributed by atoms with Gasteiger partial charge in [-0.05, 0) is 24.3 Å². The van der Waals surface area contributed by atoms with Crippen molar-refractivity contribution in [1.82, 2.24) is 0 Å². The average Bonchev–Trinajstić information content (AvgIpc) is 2.45. The summed E-state index contributed by atoms with van der Waals surface area (Å²) in [5.74, 6) is -2.81. The summed E-state index contributed by atoms with van der Waals surface area (Å²) in [6, 6.07) is 9.59. The van der Waals surface area contributed by atoms with E-state index in [0.29, 0.717) is 5.69 Å². The normalized spacial score (nSPS) is 10.4. The minimum Gasteiger partial charge on any atom is -0.397 e. The maximum Gasteiger partial charge on any atom is 0.264 e. The number of hydrogen-bond donors (Lipinski definition) is 2. The van der Waals surface area contributed by atoms with Crippen LogP contribution in [0.5, 0.6) is 0 Å². The van der Waals surface area contributed by atoms with Crippen molar-refractivity contribution in [3.05, 3.63) is 59.7 Å². The minimum absolute atomic E-state index is 0.124. The lowest BCUT2D eigenvalue weighted by Crippen LogP contribution is -2.35. The molecule has 2 rings (SSSR count). The number of amides is 1. The predicted molar refractivity (Wildman–Crippen MR) is 76.0 cm³/mol. The highest BCUT2D eigenvalue weighted by atomic mass is 19.1. The van der Waals surface area contributed by atoms with Crippen molar-refractivity contribution in [2.45, 2.75) is 0 Å². The van der Waals surface area contributed by atoms with Crippen molar-refractivity contribution in [3.63, 3.8) is 0 Å². The van der Waals surface area contributed by atoms with Gasteiger partial charge in [-0.15, -0.1) is 0 Å². The van der Waals surface area contributed by atoms with Gasteiger partial charge in [-0.1, -0.05) is 18.2 Å². The van der Waals surface area contributed by atoms with Gasteiger partial charge in [-0.3, -0.25) is 4.79 Å². The summed E-state index contributed by atoms with van der Waals surface area (Å²) in [7, 11) is 0. The molecule has 6 heteroatoms. The Balaban J connectivity index is 2.48. The van der Waals surface area contributed by atoms with Gasteiger partial charge in [0.05, 0.1) is 18.0 Å². The summed E-state index contributed by atoms with van der Waals surface area (Å²) in [4.78, 5) is 13.5. The van der Waals surface area contributed by atoms with Gasteiger partial charge in [0.1, 0.15) is 17.2 Å². The van der Waals surface area contributed by atoms with Crippen LogP contribution in [0.3, 0.4) is 0 Å². The summed E-state index contributed by atoms with van der Waals surface area (Å²) < 4.78 is 27.5. The number of anilines is 2. The van der Waals surface area contributed by atoms with Crippen LogP contribution in [0.2, 0.25) is 0 Å². The highest BCUT2D eigenvalue weighted by Crippen LogP contribution is 2.25. The molecule has 2 aromatic rings. The first-order chi connectivity index (χ1) is 10.1. The Morgan fingerprint density at radius 3 is 2.29 bits per heavy atom. The molecule has 0 aromatic heterocycles. The number of aliphatic hydroxyl groups is 1. The number of rotatable bonds is 4. The van der Waals surface area contributed by atoms with Crippen LogP contribution in [0, 0.1) is 11.6 Å². The molecule has 0 saturated carbocycles. The van der Waals surface area contributed by atoms with E-state index in [0.717, 1.165) is 17.0 Å². The second kappa shape index (κ2) is 6.32. The van der Waals surface area contributed by atoms with Crippen molar-refractivity contribution < 1.29 is 18.7 Å². The van der Waals surface area contributed by atoms with Gasteiger partial charge in [0, 0.05) is 6.54 Å². The third-order valence-corrected chi connectivity index (χ3v) is 2.97. The van der Waals surface area contributed by atoms with Gasteiger partial charge in [0.25, 0.3) is 5.91 Å². The number of para-hydroxylation sites is 2. The van der Waals surface area contributed by atoms with Crippen molar-refractivity contribution in [3.8, 4) is 0 Å². The zero-order valence-electron chi connectivity index (χ0n) is 11.1. The van der Waals surface area contributed by atoms with Gasteiger partial charge in [-0.2, -0.15) is 0 Å². The highest BCUT2D eigenvalue weighted by Gasteiger charge is 2.24. The van der Waals surface area contributed by atoms with E-state index in [4.69, 9.17) is 10.8 Å². The van der Waals surface area contributed by atoms with Crippen LogP contribution in [-0.4, -0.2) is 24.2 Å². The van der Waals surface area contributed by atoms with Crippen molar-refractivity contribution in [1.29, 1.82) is 0 Å². The number of halogens is 2. The Hall–Kier alpha value is -2.47. The van der Waals surface area contributed by atoms with E-state index in [1.807, 2.05) is 0 Å². The molecule has 21 heavy (non-hydrogen) atoms. The Morgan fingerprint density at radius 2 is 1.71 bits per heavy atom. The van der Waals surface area contributed by atoms with E-state index in [1.54, 1.807) is 24.3 Å². The van der Waals surface area contributed by atoms with Gasteiger partial charge in [0.2, 0.25) is 0 Å². The third kappa shape index (κ3) is 3.00. The highest BCUT2D eigenvalue weighted by molar-refractivity contribution is 6.07. The first kappa shape index (κ1) is 14.9. The topological polar surface area (TPSA) is 66.6 Å². The largest absolute Gasteiger partial charge is 0.397 e. The van der Waals surface area contributed by atoms with Crippen LogP contribution in [0.4, 0.5) is 20.2 Å². The van der Waals surface area contributed by atoms with Gasteiger partial charge in [0.15, 0.2) is 0 Å². The van der Waals surface area contributed by atoms with Gasteiger partial charge in [-0.25, -0.2) is 8.78 Å². The molecule has 110 valence electrons. The summed E-state index contributed by atoms with van der Waals surface area (Å²) in [5.41, 5.74) is 5.67. The van der Waals surface area contributed by atoms with Crippen LogP contribution in [0.25, 0.3) is 0 Å². The van der Waals surface area contributed by atoms with Crippen molar-refractivity contribution >= 4 is 17.3 Å². The second-order valence-corrected chi connectivity index (χ2v) is 4.34. The first-order valence-corrected chi connectivity index (χ1v) is 6.27. The molecule has 0 atom stereocenters. The standard InChI is InChI=1S/C15H14F2N2O2/c16-10-4-3-5-11(17)14(10)15(21)19(8-9-20)13-7-2-1-6-12(13)18/h1-7,20H,8-9,18H2. The number of carbonyl (C=O) groups excluding carboxylic acids is 1. The summed E-state index contributed by atoms with van der Waals surface area (Å²) >= 11 is 0. The molecule has 4 nitrogen and oxygen atoms in total. The molecule has 0 saturated heterocycles. The van der Waals surface area contributed by atoms with E-state index < -0.39 is 23.1 Å². The molecule has 3 N–H and O–H groups in total. The molecule has 0 heterocycles. The summed E-state index contributed by atoms with van der Waals surface area (Å²) in [6.45, 7) is -0.489. The summed E-state index contributed by atoms with van der Waals surface area (Å²) in [6.07, 6.45) is 0. The Morgan fingerprint density at radius 1 is 1.10 bits per heavy atom. The van der Waals surface area contributed by atoms with Crippen LogP contribution in [-0.2, 0) is 0 Å². The smallest absolute Gasteiger partial charge is 0.264 e. The molecule has 0 bridgehead atoms. The van der Waals surface area contributed by atoms with E-state index in [1.165, 1.54) is 6.07 Å². The monoisotopic (exact) mass is 292 g/mol. The maximum absolute atomic E-state index is 13.7. The van der Waals surface area contributed by atoms with E-state index in [9.17, 15) is 13.6 Å². The fourth-order valence-electron chi connectivity index (χ4n) is 2.00. The molecule has 0 aliphatic heterocycles. The third-order valence-electron chi connectivity index (χ3n) is 2.97. The molecule has 1 amide bonds. The Labute approximate surface area is 120 Å². The number of hydrogen-bond acceptors (Lipinski definition) is 3. The summed E-state index contributed by atoms with van der Waals surface area (Å²) in [5, 5.41) is 9.10. The molecule has 0 aliphatic rings. The average molecular weight is 292 g/mol. The molecular weight excluding hydrogens is 278 g/mol. The zero-order chi connectivity index (χ0) is 15.4. The lowest BCUT2D eigenvalue weighted by atomic mass is 10.1. The van der Waals surface area contributed by atoms with Crippen LogP contribution in [0.15, 0.2) is 42.5 Å². The fraction of sp³-hybridized carbons (Fsp3) is 0.133. The van der Waals surface area contributed by atoms with Gasteiger partial charge >= 0.3 is 0 Å². The van der Waals surface area contributed by atoms with Crippen LogP contribution < -0.4 is 10.6 Å². The predicted octanol–water partition coefficient (Wildman–Crippen LogP) is 2.19. The first-order valence-electron chi connectivity index (χ1n) is 6.27. The van der Waals surface area contributed by atoms with Crippen LogP contribution >= 0.6 is 0 Å². The molecule has 0 spiro atoms. The molecule has 0 fully saturated rings.